The van der Waals surface area contributed by atoms with Crippen molar-refractivity contribution in [3.63, 3.8) is 0 Å². The Kier molecular flexibility index (Phi) is 4.92. The van der Waals surface area contributed by atoms with Crippen molar-refractivity contribution >= 4 is 21.6 Å². The summed E-state index contributed by atoms with van der Waals surface area (Å²) in [5, 5.41) is 0.0452. The van der Waals surface area contributed by atoms with E-state index in [1.165, 1.54) is 10.4 Å². The van der Waals surface area contributed by atoms with Crippen LogP contribution in [0.4, 0.5) is 4.39 Å². The molecule has 1 saturated heterocycles. The van der Waals surface area contributed by atoms with Gasteiger partial charge in [-0.05, 0) is 44.1 Å². The molecule has 0 N–H and O–H groups in total. The van der Waals surface area contributed by atoms with Gasteiger partial charge < -0.3 is 4.90 Å². The highest BCUT2D eigenvalue weighted by Gasteiger charge is 2.35. The van der Waals surface area contributed by atoms with Crippen LogP contribution in [0.1, 0.15) is 13.3 Å². The fourth-order valence-corrected chi connectivity index (χ4v) is 4.86. The average Bonchev–Trinajstić information content (AvgIpc) is 2.40. The molecule has 21 heavy (non-hydrogen) atoms. The van der Waals surface area contributed by atoms with Crippen LogP contribution in [0, 0.1) is 11.7 Å². The molecular weight excluding hydrogens is 315 g/mol. The number of likely N-dealkylation sites (tertiary alicyclic amines) is 1. The maximum absolute atomic E-state index is 13.4. The predicted molar refractivity (Wildman–Crippen MR) is 81.4 cm³/mol. The van der Waals surface area contributed by atoms with Gasteiger partial charge in [-0.15, -0.1) is 0 Å². The molecule has 2 rings (SSSR count). The second-order valence-electron chi connectivity index (χ2n) is 5.69. The van der Waals surface area contributed by atoms with E-state index < -0.39 is 15.8 Å². The third-order valence-electron chi connectivity index (χ3n) is 4.08. The number of rotatable bonds is 3. The zero-order chi connectivity index (χ0) is 15.8. The van der Waals surface area contributed by atoms with E-state index in [0.717, 1.165) is 31.6 Å². The van der Waals surface area contributed by atoms with Crippen LogP contribution in [-0.4, -0.2) is 50.8 Å². The van der Waals surface area contributed by atoms with Crippen molar-refractivity contribution in [1.82, 2.24) is 9.21 Å². The van der Waals surface area contributed by atoms with E-state index in [-0.39, 0.29) is 21.9 Å². The Labute approximate surface area is 130 Å². The van der Waals surface area contributed by atoms with E-state index >= 15 is 0 Å². The minimum Gasteiger partial charge on any atom is -0.306 e. The van der Waals surface area contributed by atoms with Gasteiger partial charge in [0, 0.05) is 19.6 Å². The van der Waals surface area contributed by atoms with Crippen molar-refractivity contribution in [3.8, 4) is 0 Å². The van der Waals surface area contributed by atoms with Gasteiger partial charge in [-0.2, -0.15) is 4.31 Å². The first kappa shape index (κ1) is 16.7. The summed E-state index contributed by atoms with van der Waals surface area (Å²) in [4.78, 5) is 2.01. The maximum atomic E-state index is 13.4. The fourth-order valence-electron chi connectivity index (χ4n) is 2.89. The number of nitrogens with zero attached hydrogens (tertiary/aromatic N) is 2. The highest BCUT2D eigenvalue weighted by atomic mass is 35.5. The lowest BCUT2D eigenvalue weighted by molar-refractivity contribution is 0.139. The van der Waals surface area contributed by atoms with Crippen molar-refractivity contribution < 1.29 is 12.8 Å². The molecule has 0 aromatic heterocycles. The molecule has 1 aliphatic rings. The number of hydrogen-bond donors (Lipinski definition) is 0. The van der Waals surface area contributed by atoms with Crippen molar-refractivity contribution in [1.29, 1.82) is 0 Å². The Morgan fingerprint density at radius 2 is 2.10 bits per heavy atom. The zero-order valence-electron chi connectivity index (χ0n) is 12.4. The monoisotopic (exact) mass is 334 g/mol. The standard InChI is InChI=1S/C14H20ClFN2O2S/c1-10-9-17(2)7-6-13(10)18(3)21(19,20)14-8-11(16)4-5-12(14)15/h4-5,8,10,13H,6-7,9H2,1-3H3/t10-,13-/m0/s1. The van der Waals surface area contributed by atoms with Gasteiger partial charge in [0.2, 0.25) is 10.0 Å². The summed E-state index contributed by atoms with van der Waals surface area (Å²) in [7, 11) is -0.236. The van der Waals surface area contributed by atoms with Crippen LogP contribution in [0.5, 0.6) is 0 Å². The summed E-state index contributed by atoms with van der Waals surface area (Å²) in [6, 6.07) is 3.30. The normalized spacial score (nSPS) is 24.5. The lowest BCUT2D eigenvalue weighted by atomic mass is 9.94. The van der Waals surface area contributed by atoms with Crippen LogP contribution in [0.25, 0.3) is 0 Å². The number of halogens is 2. The van der Waals surface area contributed by atoms with E-state index in [2.05, 4.69) is 4.90 Å². The predicted octanol–water partition coefficient (Wildman–Crippen LogP) is 2.44. The van der Waals surface area contributed by atoms with Crippen LogP contribution in [0.15, 0.2) is 23.1 Å². The Morgan fingerprint density at radius 3 is 2.71 bits per heavy atom. The van der Waals surface area contributed by atoms with Gasteiger partial charge >= 0.3 is 0 Å². The fraction of sp³-hybridized carbons (Fsp3) is 0.571. The lowest BCUT2D eigenvalue weighted by Crippen LogP contribution is -2.49. The molecule has 0 saturated carbocycles. The van der Waals surface area contributed by atoms with Gasteiger partial charge in [0.05, 0.1) is 5.02 Å². The molecule has 1 aromatic carbocycles. The smallest absolute Gasteiger partial charge is 0.244 e. The molecular formula is C14H20ClFN2O2S. The highest BCUT2D eigenvalue weighted by Crippen LogP contribution is 2.29. The minimum atomic E-state index is -3.80. The quantitative estimate of drug-likeness (QED) is 0.852. The molecule has 0 amide bonds. The molecule has 1 fully saturated rings. The second kappa shape index (κ2) is 6.20. The Morgan fingerprint density at radius 1 is 1.43 bits per heavy atom. The lowest BCUT2D eigenvalue weighted by Gasteiger charge is -2.39. The first-order valence-electron chi connectivity index (χ1n) is 6.85. The molecule has 0 unspecified atom stereocenters. The summed E-state index contributed by atoms with van der Waals surface area (Å²) < 4.78 is 40.1. The van der Waals surface area contributed by atoms with Gasteiger partial charge in [-0.25, -0.2) is 12.8 Å². The molecule has 1 aliphatic heterocycles. The first-order valence-corrected chi connectivity index (χ1v) is 8.67. The molecule has 4 nitrogen and oxygen atoms in total. The van der Waals surface area contributed by atoms with Gasteiger partial charge in [0.1, 0.15) is 10.7 Å². The van der Waals surface area contributed by atoms with Gasteiger partial charge in [0.25, 0.3) is 0 Å². The summed E-state index contributed by atoms with van der Waals surface area (Å²) >= 11 is 5.94. The number of benzene rings is 1. The second-order valence-corrected chi connectivity index (χ2v) is 8.06. The molecule has 7 heteroatoms. The van der Waals surface area contributed by atoms with Crippen LogP contribution in [0.3, 0.4) is 0 Å². The number of sulfonamides is 1. The van der Waals surface area contributed by atoms with E-state index in [4.69, 9.17) is 11.6 Å². The molecule has 1 aromatic rings. The number of hydrogen-bond acceptors (Lipinski definition) is 3. The molecule has 0 aliphatic carbocycles. The third-order valence-corrected chi connectivity index (χ3v) is 6.44. The molecule has 1 heterocycles. The maximum Gasteiger partial charge on any atom is 0.244 e. The van der Waals surface area contributed by atoms with E-state index in [0.29, 0.717) is 0 Å². The summed E-state index contributed by atoms with van der Waals surface area (Å²) in [6.45, 7) is 3.70. The van der Waals surface area contributed by atoms with E-state index in [1.54, 1.807) is 7.05 Å². The minimum absolute atomic E-state index is 0.0452. The van der Waals surface area contributed by atoms with E-state index in [1.807, 2.05) is 14.0 Å². The Hall–Kier alpha value is -0.690. The largest absolute Gasteiger partial charge is 0.306 e. The first-order chi connectivity index (χ1) is 9.73. The SMILES string of the molecule is C[C@H]1CN(C)CC[C@@H]1N(C)S(=O)(=O)c1cc(F)ccc1Cl. The number of piperidine rings is 1. The van der Waals surface area contributed by atoms with Crippen LogP contribution < -0.4 is 0 Å². The Balaban J connectivity index is 2.32. The van der Waals surface area contributed by atoms with Crippen LogP contribution >= 0.6 is 11.6 Å². The Bertz CT molecular complexity index is 623. The summed E-state index contributed by atoms with van der Waals surface area (Å²) in [5.74, 6) is -0.404. The molecule has 0 spiro atoms. The molecule has 118 valence electrons. The van der Waals surface area contributed by atoms with Crippen LogP contribution in [-0.2, 0) is 10.0 Å². The highest BCUT2D eigenvalue weighted by molar-refractivity contribution is 7.89. The summed E-state index contributed by atoms with van der Waals surface area (Å²) in [5.41, 5.74) is 0. The summed E-state index contributed by atoms with van der Waals surface area (Å²) in [6.07, 6.45) is 0.750. The van der Waals surface area contributed by atoms with Crippen molar-refractivity contribution in [2.24, 2.45) is 5.92 Å². The molecule has 0 bridgehead atoms. The van der Waals surface area contributed by atoms with Crippen molar-refractivity contribution in [3.05, 3.63) is 29.0 Å². The zero-order valence-corrected chi connectivity index (χ0v) is 14.0. The molecule has 2 atom stereocenters. The molecule has 0 radical (unpaired) electrons. The van der Waals surface area contributed by atoms with Gasteiger partial charge in [-0.3, -0.25) is 0 Å². The third kappa shape index (κ3) is 3.39. The van der Waals surface area contributed by atoms with Crippen LogP contribution in [0.2, 0.25) is 5.02 Å². The van der Waals surface area contributed by atoms with Crippen molar-refractivity contribution in [2.45, 2.75) is 24.3 Å². The van der Waals surface area contributed by atoms with Gasteiger partial charge in [-0.1, -0.05) is 18.5 Å². The van der Waals surface area contributed by atoms with Crippen molar-refractivity contribution in [2.75, 3.05) is 27.2 Å². The van der Waals surface area contributed by atoms with E-state index in [9.17, 15) is 12.8 Å². The topological polar surface area (TPSA) is 40.6 Å². The average molecular weight is 335 g/mol. The van der Waals surface area contributed by atoms with Gasteiger partial charge in [0.15, 0.2) is 0 Å².